The van der Waals surface area contributed by atoms with E-state index in [2.05, 4.69) is 52.3 Å². The number of guanidine groups is 1. The molecular weight excluding hydrogens is 873 g/mol. The number of aliphatic imine (C=N–C) groups is 1. The van der Waals surface area contributed by atoms with E-state index in [1.165, 1.54) is 0 Å². The molecular formula is C39H62N14O13. The van der Waals surface area contributed by atoms with Crippen LogP contribution >= 0.6 is 0 Å². The third-order valence-electron chi connectivity index (χ3n) is 9.00. The maximum atomic E-state index is 13.9. The van der Waals surface area contributed by atoms with E-state index in [4.69, 9.17) is 35.9 Å². The van der Waals surface area contributed by atoms with Crippen molar-refractivity contribution in [1.29, 1.82) is 0 Å². The third kappa shape index (κ3) is 26.1. The molecule has 0 spiro atoms. The first-order valence-corrected chi connectivity index (χ1v) is 21.2. The Hall–Kier alpha value is -6.80. The number of nitrogens with two attached hydrogens (primary N) is 2. The molecule has 0 aromatic heterocycles. The molecule has 1 aromatic rings. The Kier molecular flexibility index (Phi) is 28.2. The van der Waals surface area contributed by atoms with Crippen molar-refractivity contribution < 1.29 is 62.4 Å². The number of aliphatic carboxylic acids is 1. The van der Waals surface area contributed by atoms with Crippen molar-refractivity contribution in [2.24, 2.45) is 21.6 Å². The topological polar surface area (TPSA) is 394 Å². The van der Waals surface area contributed by atoms with E-state index >= 15 is 0 Å². The smallest absolute Gasteiger partial charge is 0.337 e. The van der Waals surface area contributed by atoms with Gasteiger partial charge >= 0.3 is 12.0 Å². The van der Waals surface area contributed by atoms with Gasteiger partial charge in [-0.15, -0.1) is 0 Å². The van der Waals surface area contributed by atoms with E-state index in [1.54, 1.807) is 30.3 Å². The summed E-state index contributed by atoms with van der Waals surface area (Å²) in [6.45, 7) is 1.70. The quantitative estimate of drug-likeness (QED) is 0.00944. The molecule has 27 heteroatoms. The molecule has 1 saturated heterocycles. The molecule has 12 N–H and O–H groups in total. The predicted octanol–water partition coefficient (Wildman–Crippen LogP) is -2.60. The highest BCUT2D eigenvalue weighted by atomic mass is 16.6. The summed E-state index contributed by atoms with van der Waals surface area (Å²) >= 11 is 0. The first-order chi connectivity index (χ1) is 31.8. The van der Waals surface area contributed by atoms with Gasteiger partial charge in [0.05, 0.1) is 72.4 Å². The average Bonchev–Trinajstić information content (AvgIpc) is 3.28. The molecule has 66 heavy (non-hydrogen) atoms. The minimum absolute atomic E-state index is 0.0172. The van der Waals surface area contributed by atoms with Crippen LogP contribution in [0.3, 0.4) is 0 Å². The number of carbonyl (C=O) groups excluding carboxylic acids is 7. The second-order valence-electron chi connectivity index (χ2n) is 14.3. The largest absolute Gasteiger partial charge is 0.481 e. The van der Waals surface area contributed by atoms with Crippen molar-refractivity contribution in [3.8, 4) is 0 Å². The van der Waals surface area contributed by atoms with Crippen LogP contribution in [-0.4, -0.2) is 167 Å². The number of azide groups is 1. The zero-order valence-corrected chi connectivity index (χ0v) is 36.7. The van der Waals surface area contributed by atoms with Crippen molar-refractivity contribution in [1.82, 2.24) is 42.3 Å². The number of carboxylic acid groups (broad SMARTS) is 1. The van der Waals surface area contributed by atoms with Crippen LogP contribution in [0, 0.1) is 0 Å². The first kappa shape index (κ1) is 55.3. The normalized spacial score (nSPS) is 17.0. The summed E-state index contributed by atoms with van der Waals surface area (Å²) < 4.78 is 21.6. The fraction of sp³-hybridized carbons (Fsp3) is 0.615. The lowest BCUT2D eigenvalue weighted by Gasteiger charge is -2.28. The zero-order valence-electron chi connectivity index (χ0n) is 36.7. The summed E-state index contributed by atoms with van der Waals surface area (Å²) in [5.41, 5.74) is 21.9. The van der Waals surface area contributed by atoms with Gasteiger partial charge < -0.3 is 67.4 Å². The number of hydrogen-bond acceptors (Lipinski definition) is 14. The van der Waals surface area contributed by atoms with Crippen LogP contribution in [0.25, 0.3) is 10.4 Å². The van der Waals surface area contributed by atoms with Gasteiger partial charge in [0.2, 0.25) is 29.5 Å². The first-order valence-electron chi connectivity index (χ1n) is 21.2. The van der Waals surface area contributed by atoms with Gasteiger partial charge in [0.1, 0.15) is 24.7 Å². The zero-order chi connectivity index (χ0) is 48.4. The monoisotopic (exact) mass is 934 g/mol. The maximum Gasteiger partial charge on any atom is 0.337 e. The molecule has 0 radical (unpaired) electrons. The lowest BCUT2D eigenvalue weighted by molar-refractivity contribution is -0.141. The lowest BCUT2D eigenvalue weighted by atomic mass is 10.1. The molecule has 1 aromatic carbocycles. The summed E-state index contributed by atoms with van der Waals surface area (Å²) in [4.78, 5) is 109. The Balaban J connectivity index is 1.91. The van der Waals surface area contributed by atoms with Gasteiger partial charge in [0.25, 0.3) is 5.91 Å². The van der Waals surface area contributed by atoms with E-state index in [9.17, 15) is 43.5 Å². The van der Waals surface area contributed by atoms with Crippen LogP contribution in [0.5, 0.6) is 0 Å². The van der Waals surface area contributed by atoms with Gasteiger partial charge in [0, 0.05) is 31.0 Å². The highest BCUT2D eigenvalue weighted by molar-refractivity contribution is 5.96. The fourth-order valence-corrected chi connectivity index (χ4v) is 5.73. The van der Waals surface area contributed by atoms with Crippen molar-refractivity contribution in [2.75, 3.05) is 85.6 Å². The Bertz CT molecular complexity index is 1780. The van der Waals surface area contributed by atoms with E-state index < -0.39 is 72.6 Å². The van der Waals surface area contributed by atoms with Crippen molar-refractivity contribution in [2.45, 2.75) is 69.6 Å². The van der Waals surface area contributed by atoms with Crippen LogP contribution in [-0.2, 0) is 59.1 Å². The van der Waals surface area contributed by atoms with Crippen molar-refractivity contribution in [3.05, 3.63) is 46.3 Å². The fourth-order valence-electron chi connectivity index (χ4n) is 5.73. The molecule has 1 aliphatic heterocycles. The Morgan fingerprint density at radius 1 is 0.758 bits per heavy atom. The molecule has 1 aliphatic rings. The van der Waals surface area contributed by atoms with E-state index in [0.717, 1.165) is 5.01 Å². The predicted molar refractivity (Wildman–Crippen MR) is 233 cm³/mol. The Labute approximate surface area is 380 Å². The number of carboxylic acids is 1. The third-order valence-corrected chi connectivity index (χ3v) is 9.00. The molecule has 2 rings (SSSR count). The van der Waals surface area contributed by atoms with Gasteiger partial charge in [-0.2, -0.15) is 0 Å². The van der Waals surface area contributed by atoms with Gasteiger partial charge in [-0.25, -0.2) is 9.80 Å². The molecule has 1 heterocycles. The number of benzene rings is 1. The number of nitrogens with zero attached hydrogens (tertiary/aromatic N) is 5. The van der Waals surface area contributed by atoms with Crippen LogP contribution in [0.15, 0.2) is 40.4 Å². The summed E-state index contributed by atoms with van der Waals surface area (Å²) in [7, 11) is 0. The van der Waals surface area contributed by atoms with Crippen molar-refractivity contribution >= 4 is 53.4 Å². The standard InChI is InChI=1S/C39H62N14O13/c40-38(41)45-13-6-10-28-35(59)46-24-33(56)48-30(23-34(57)58)37(61)51-53(26-27-7-2-1-3-8-27)39(62)50-29(36(60)49-28)9-4-5-12-43-31(54)11-15-63-17-19-65-21-22-66-20-18-64-16-14-44-32(55)25-47-52-42/h1-3,7-8,28-30H,4-6,9-26H2,(H,43,54)(H,44,55)(H,46,59)(H,48,56)(H,49,60)(H,50,62)(H,51,61)(H,57,58)(H4,40,41,45). The number of carbonyl (C=O) groups is 8. The number of hydrazine groups is 1. The minimum Gasteiger partial charge on any atom is -0.481 e. The SMILES string of the molecule is [N-]=[N+]=NCC(=O)NCCOCCOCCOCCOCCC(=O)NCCCCC1NC(=O)N(Cc2ccccc2)NC(=O)C(CC(=O)O)NC(=O)CNC(=O)C(CCCN=C(N)N)NC1=O. The van der Waals surface area contributed by atoms with Crippen LogP contribution in [0.4, 0.5) is 4.79 Å². The lowest BCUT2D eigenvalue weighted by Crippen LogP contribution is -2.59. The summed E-state index contributed by atoms with van der Waals surface area (Å²) in [5.74, 6) is -5.77. The average molecular weight is 935 g/mol. The number of urea groups is 1. The Morgan fingerprint density at radius 2 is 1.38 bits per heavy atom. The van der Waals surface area contributed by atoms with Gasteiger partial charge in [-0.3, -0.25) is 44.0 Å². The van der Waals surface area contributed by atoms with E-state index in [0.29, 0.717) is 44.8 Å². The summed E-state index contributed by atoms with van der Waals surface area (Å²) in [5, 5.41) is 28.7. The second kappa shape index (κ2) is 33.7. The summed E-state index contributed by atoms with van der Waals surface area (Å²) in [6, 6.07) is 3.36. The number of nitrogens with one attached hydrogen (secondary N) is 7. The molecule has 0 bridgehead atoms. The molecule has 0 aliphatic carbocycles. The molecule has 3 unspecified atom stereocenters. The van der Waals surface area contributed by atoms with Crippen LogP contribution < -0.4 is 48.8 Å². The van der Waals surface area contributed by atoms with Crippen molar-refractivity contribution in [3.63, 3.8) is 0 Å². The molecule has 27 nitrogen and oxygen atoms in total. The number of rotatable bonds is 30. The van der Waals surface area contributed by atoms with Gasteiger partial charge in [-0.1, -0.05) is 35.4 Å². The molecule has 366 valence electrons. The molecule has 8 amide bonds. The highest BCUT2D eigenvalue weighted by Gasteiger charge is 2.32. The summed E-state index contributed by atoms with van der Waals surface area (Å²) in [6.07, 6.45) is 0.171. The van der Waals surface area contributed by atoms with Gasteiger partial charge in [0.15, 0.2) is 5.96 Å². The molecule has 1 fully saturated rings. The van der Waals surface area contributed by atoms with Crippen LogP contribution in [0.1, 0.15) is 50.5 Å². The Morgan fingerprint density at radius 3 is 2.03 bits per heavy atom. The highest BCUT2D eigenvalue weighted by Crippen LogP contribution is 2.09. The number of unbranched alkanes of at least 4 members (excludes halogenated alkanes) is 1. The van der Waals surface area contributed by atoms with E-state index in [-0.39, 0.29) is 96.7 Å². The van der Waals surface area contributed by atoms with Crippen LogP contribution in [0.2, 0.25) is 0 Å². The number of amides is 8. The van der Waals surface area contributed by atoms with E-state index in [1.807, 2.05) is 0 Å². The molecule has 3 atom stereocenters. The number of hydrogen-bond donors (Lipinski definition) is 10. The maximum absolute atomic E-state index is 13.9. The number of ether oxygens (including phenoxy) is 4. The minimum atomic E-state index is -1.65. The van der Waals surface area contributed by atoms with Gasteiger partial charge in [-0.05, 0) is 43.2 Å². The molecule has 0 saturated carbocycles. The second-order valence-corrected chi connectivity index (χ2v) is 14.3.